The van der Waals surface area contributed by atoms with E-state index in [-0.39, 0.29) is 11.7 Å². The molecule has 0 radical (unpaired) electrons. The van der Waals surface area contributed by atoms with E-state index >= 15 is 0 Å². The lowest BCUT2D eigenvalue weighted by atomic mass is 9.82. The van der Waals surface area contributed by atoms with E-state index in [0.717, 1.165) is 41.0 Å². The minimum absolute atomic E-state index is 0.169. The number of rotatable bonds is 3. The van der Waals surface area contributed by atoms with E-state index in [9.17, 15) is 10.2 Å². The van der Waals surface area contributed by atoms with Gasteiger partial charge in [0.1, 0.15) is 11.5 Å². The van der Waals surface area contributed by atoms with Gasteiger partial charge in [-0.1, -0.05) is 24.4 Å². The van der Waals surface area contributed by atoms with Crippen LogP contribution in [0.4, 0.5) is 0 Å². The van der Waals surface area contributed by atoms with E-state index in [1.54, 1.807) is 12.1 Å². The number of aromatic hydroxyl groups is 1. The number of phenolic OH excluding ortho intramolecular Hbond substituents is 1. The largest absolute Gasteiger partial charge is 0.508 e. The molecule has 1 unspecified atom stereocenters. The Balaban J connectivity index is 1.96. The molecule has 4 heteroatoms. The molecule has 0 bridgehead atoms. The van der Waals surface area contributed by atoms with Gasteiger partial charge in [0.25, 0.3) is 0 Å². The summed E-state index contributed by atoms with van der Waals surface area (Å²) in [5, 5.41) is 24.7. The second-order valence-electron chi connectivity index (χ2n) is 6.36. The van der Waals surface area contributed by atoms with Crippen LogP contribution in [0.25, 0.3) is 11.1 Å². The van der Waals surface area contributed by atoms with Crippen molar-refractivity contribution in [3.05, 3.63) is 35.2 Å². The summed E-state index contributed by atoms with van der Waals surface area (Å²) in [6.45, 7) is 3.74. The molecule has 118 valence electrons. The lowest BCUT2D eigenvalue weighted by molar-refractivity contribution is 0.0847. The Kier molecular flexibility index (Phi) is 4.21. The Labute approximate surface area is 130 Å². The lowest BCUT2D eigenvalue weighted by Crippen LogP contribution is -2.16. The van der Waals surface area contributed by atoms with Gasteiger partial charge in [-0.15, -0.1) is 0 Å². The summed E-state index contributed by atoms with van der Waals surface area (Å²) >= 11 is 0. The van der Waals surface area contributed by atoms with Gasteiger partial charge in [-0.2, -0.15) is 0 Å². The maximum absolute atomic E-state index is 10.7. The molecule has 0 amide bonds. The zero-order valence-electron chi connectivity index (χ0n) is 13.2. The first-order valence-electron chi connectivity index (χ1n) is 8.01. The number of benzene rings is 1. The first-order valence-corrected chi connectivity index (χ1v) is 8.01. The number of hydrogen-bond acceptors (Lipinski definition) is 4. The van der Waals surface area contributed by atoms with Crippen molar-refractivity contribution in [2.45, 2.75) is 52.1 Å². The average Bonchev–Trinajstić information content (AvgIpc) is 2.86. The number of phenols is 1. The number of aliphatic hydroxyl groups excluding tert-OH is 1. The predicted molar refractivity (Wildman–Crippen MR) is 84.6 cm³/mol. The second kappa shape index (κ2) is 6.13. The molecule has 1 aromatic carbocycles. The van der Waals surface area contributed by atoms with Crippen LogP contribution in [-0.4, -0.2) is 15.4 Å². The third-order valence-electron chi connectivity index (χ3n) is 4.70. The molecule has 2 N–H and O–H groups in total. The van der Waals surface area contributed by atoms with Gasteiger partial charge in [-0.25, -0.2) is 0 Å². The number of aryl methyl sites for hydroxylation is 2. The Bertz CT molecular complexity index is 637. The highest BCUT2D eigenvalue weighted by Gasteiger charge is 2.24. The fourth-order valence-corrected chi connectivity index (χ4v) is 3.57. The van der Waals surface area contributed by atoms with Gasteiger partial charge in [0.15, 0.2) is 0 Å². The molecule has 0 saturated heterocycles. The third-order valence-corrected chi connectivity index (χ3v) is 4.70. The number of nitrogens with zero attached hydrogens (tertiary/aromatic N) is 1. The van der Waals surface area contributed by atoms with Crippen LogP contribution in [0.5, 0.6) is 5.75 Å². The topological polar surface area (TPSA) is 66.5 Å². The summed E-state index contributed by atoms with van der Waals surface area (Å²) < 4.78 is 5.21. The van der Waals surface area contributed by atoms with Gasteiger partial charge < -0.3 is 14.7 Å². The van der Waals surface area contributed by atoms with Crippen molar-refractivity contribution < 1.29 is 14.7 Å². The molecular formula is C18H23NO3. The van der Waals surface area contributed by atoms with E-state index < -0.39 is 6.10 Å². The Morgan fingerprint density at radius 3 is 2.50 bits per heavy atom. The van der Waals surface area contributed by atoms with E-state index in [2.05, 4.69) is 5.16 Å². The first kappa shape index (κ1) is 15.1. The van der Waals surface area contributed by atoms with E-state index in [0.29, 0.717) is 0 Å². The molecular weight excluding hydrogens is 278 g/mol. The van der Waals surface area contributed by atoms with Gasteiger partial charge in [0.05, 0.1) is 11.8 Å². The van der Waals surface area contributed by atoms with Gasteiger partial charge in [-0.3, -0.25) is 0 Å². The van der Waals surface area contributed by atoms with E-state index in [4.69, 9.17) is 4.52 Å². The molecule has 1 aliphatic carbocycles. The number of aliphatic hydroxyl groups is 1. The molecule has 1 heterocycles. The normalized spacial score (nSPS) is 17.6. The molecule has 4 nitrogen and oxygen atoms in total. The molecule has 1 saturated carbocycles. The molecule has 1 aromatic heterocycles. The zero-order valence-corrected chi connectivity index (χ0v) is 13.2. The molecule has 1 atom stereocenters. The smallest absolute Gasteiger partial charge is 0.141 e. The lowest BCUT2D eigenvalue weighted by Gasteiger charge is -2.27. The Hall–Kier alpha value is -1.81. The van der Waals surface area contributed by atoms with Gasteiger partial charge in [-0.05, 0) is 61.9 Å². The molecule has 3 rings (SSSR count). The van der Waals surface area contributed by atoms with Crippen LogP contribution < -0.4 is 0 Å². The fraction of sp³-hybridized carbons (Fsp3) is 0.500. The van der Waals surface area contributed by atoms with Crippen molar-refractivity contribution >= 4 is 0 Å². The fourth-order valence-electron chi connectivity index (χ4n) is 3.57. The Morgan fingerprint density at radius 2 is 1.86 bits per heavy atom. The van der Waals surface area contributed by atoms with E-state index in [1.807, 2.05) is 19.9 Å². The molecule has 22 heavy (non-hydrogen) atoms. The van der Waals surface area contributed by atoms with Crippen LogP contribution in [0.15, 0.2) is 22.7 Å². The van der Waals surface area contributed by atoms with Crippen molar-refractivity contribution in [3.63, 3.8) is 0 Å². The second-order valence-corrected chi connectivity index (χ2v) is 6.36. The summed E-state index contributed by atoms with van der Waals surface area (Å²) in [6, 6.07) is 5.32. The standard InChI is InChI=1S/C18H23NO3/c1-11-17(12(2)22-19-11)14-8-15(10-16(20)9-14)18(21)13-6-4-3-5-7-13/h8-10,13,18,20-21H,3-7H2,1-2H3. The van der Waals surface area contributed by atoms with Crippen molar-refractivity contribution in [3.8, 4) is 16.9 Å². The van der Waals surface area contributed by atoms with Gasteiger partial charge in [0, 0.05) is 5.56 Å². The van der Waals surface area contributed by atoms with Crippen LogP contribution >= 0.6 is 0 Å². The minimum atomic E-state index is -0.522. The van der Waals surface area contributed by atoms with Crippen molar-refractivity contribution in [2.24, 2.45) is 5.92 Å². The van der Waals surface area contributed by atoms with Gasteiger partial charge in [0.2, 0.25) is 0 Å². The minimum Gasteiger partial charge on any atom is -0.508 e. The molecule has 2 aromatic rings. The maximum Gasteiger partial charge on any atom is 0.141 e. The monoisotopic (exact) mass is 301 g/mol. The van der Waals surface area contributed by atoms with Crippen LogP contribution in [-0.2, 0) is 0 Å². The summed E-state index contributed by atoms with van der Waals surface area (Å²) in [6.07, 6.45) is 5.20. The highest BCUT2D eigenvalue weighted by atomic mass is 16.5. The quantitative estimate of drug-likeness (QED) is 0.888. The molecule has 1 fully saturated rings. The number of hydrogen-bond donors (Lipinski definition) is 2. The highest BCUT2D eigenvalue weighted by molar-refractivity contribution is 5.69. The van der Waals surface area contributed by atoms with Crippen molar-refractivity contribution in [1.29, 1.82) is 0 Å². The average molecular weight is 301 g/mol. The van der Waals surface area contributed by atoms with Crippen molar-refractivity contribution in [1.82, 2.24) is 5.16 Å². The summed E-state index contributed by atoms with van der Waals surface area (Å²) in [5.41, 5.74) is 3.32. The Morgan fingerprint density at radius 1 is 1.14 bits per heavy atom. The third kappa shape index (κ3) is 2.88. The van der Waals surface area contributed by atoms with Crippen LogP contribution in [0.3, 0.4) is 0 Å². The molecule has 0 aliphatic heterocycles. The predicted octanol–water partition coefficient (Wildman–Crippen LogP) is 4.28. The number of aromatic nitrogens is 1. The summed E-state index contributed by atoms with van der Waals surface area (Å²) in [5.74, 6) is 1.18. The molecule has 0 spiro atoms. The molecule has 1 aliphatic rings. The summed E-state index contributed by atoms with van der Waals surface area (Å²) in [7, 11) is 0. The van der Waals surface area contributed by atoms with Crippen LogP contribution in [0, 0.1) is 19.8 Å². The van der Waals surface area contributed by atoms with Crippen LogP contribution in [0.1, 0.15) is 55.2 Å². The van der Waals surface area contributed by atoms with Crippen molar-refractivity contribution in [2.75, 3.05) is 0 Å². The van der Waals surface area contributed by atoms with E-state index in [1.165, 1.54) is 19.3 Å². The zero-order chi connectivity index (χ0) is 15.7. The van der Waals surface area contributed by atoms with Gasteiger partial charge >= 0.3 is 0 Å². The first-order chi connectivity index (χ1) is 10.6. The SMILES string of the molecule is Cc1noc(C)c1-c1cc(O)cc(C(O)C2CCCCC2)c1. The highest BCUT2D eigenvalue weighted by Crippen LogP contribution is 2.38. The van der Waals surface area contributed by atoms with Crippen LogP contribution in [0.2, 0.25) is 0 Å². The summed E-state index contributed by atoms with van der Waals surface area (Å²) in [4.78, 5) is 0. The maximum atomic E-state index is 10.7.